The number of rotatable bonds is 4. The molecule has 0 unspecified atom stereocenters. The third kappa shape index (κ3) is 3.10. The predicted molar refractivity (Wildman–Crippen MR) is 126 cm³/mol. The van der Waals surface area contributed by atoms with Gasteiger partial charge in [-0.3, -0.25) is 4.79 Å². The number of carbonyl (C=O) groups excluding carboxylic acids is 1. The van der Waals surface area contributed by atoms with Gasteiger partial charge in [-0.15, -0.1) is 0 Å². The minimum absolute atomic E-state index is 0.142. The zero-order valence-electron chi connectivity index (χ0n) is 20.5. The Morgan fingerprint density at radius 3 is 2.55 bits per heavy atom. The van der Waals surface area contributed by atoms with Crippen molar-refractivity contribution >= 4 is 5.78 Å². The molecule has 8 atom stereocenters. The van der Waals surface area contributed by atoms with Gasteiger partial charge in [-0.05, 0) is 112 Å². The van der Waals surface area contributed by atoms with E-state index < -0.39 is 0 Å². The molecular formula is C29H44O2. The molecule has 4 saturated carbocycles. The van der Waals surface area contributed by atoms with Crippen LogP contribution in [0.3, 0.4) is 0 Å². The molecule has 5 aliphatic rings. The summed E-state index contributed by atoms with van der Waals surface area (Å²) in [5, 5.41) is 11.5. The van der Waals surface area contributed by atoms with Crippen LogP contribution in [0.4, 0.5) is 0 Å². The molecule has 0 radical (unpaired) electrons. The van der Waals surface area contributed by atoms with Gasteiger partial charge in [-0.1, -0.05) is 44.1 Å². The molecule has 0 aliphatic heterocycles. The molecule has 1 spiro atoms. The van der Waals surface area contributed by atoms with Crippen molar-refractivity contribution in [2.75, 3.05) is 0 Å². The summed E-state index contributed by atoms with van der Waals surface area (Å²) in [6.45, 7) is 11.9. The smallest absolute Gasteiger partial charge is 0.143 e. The first-order valence-electron chi connectivity index (χ1n) is 13.2. The molecule has 2 nitrogen and oxygen atoms in total. The third-order valence-electron chi connectivity index (χ3n) is 11.1. The van der Waals surface area contributed by atoms with Crippen molar-refractivity contribution in [3.8, 4) is 0 Å². The summed E-state index contributed by atoms with van der Waals surface area (Å²) >= 11 is 0. The summed E-state index contributed by atoms with van der Waals surface area (Å²) in [5.41, 5.74) is 3.14. The van der Waals surface area contributed by atoms with E-state index in [0.717, 1.165) is 37.5 Å². The van der Waals surface area contributed by atoms with Gasteiger partial charge < -0.3 is 5.11 Å². The first-order chi connectivity index (χ1) is 14.6. The molecule has 0 heterocycles. The summed E-state index contributed by atoms with van der Waals surface area (Å²) in [7, 11) is 0. The van der Waals surface area contributed by atoms with Gasteiger partial charge in [0.15, 0.2) is 0 Å². The normalized spacial score (nSPS) is 45.9. The maximum Gasteiger partial charge on any atom is 0.143 e. The van der Waals surface area contributed by atoms with Crippen LogP contribution in [0.15, 0.2) is 23.3 Å². The summed E-state index contributed by atoms with van der Waals surface area (Å²) in [5.74, 6) is 3.61. The lowest BCUT2D eigenvalue weighted by molar-refractivity contribution is -0.131. The third-order valence-corrected chi connectivity index (χ3v) is 11.1. The van der Waals surface area contributed by atoms with E-state index in [0.29, 0.717) is 29.0 Å². The second kappa shape index (κ2) is 7.31. The molecule has 0 aromatic carbocycles. The largest absolute Gasteiger partial charge is 0.389 e. The Balaban J connectivity index is 1.42. The van der Waals surface area contributed by atoms with Gasteiger partial charge in [0.1, 0.15) is 5.78 Å². The average Bonchev–Trinajstić information content (AvgIpc) is 3.42. The average molecular weight is 425 g/mol. The van der Waals surface area contributed by atoms with Crippen LogP contribution in [0.5, 0.6) is 0 Å². The number of carbonyl (C=O) groups is 1. The van der Waals surface area contributed by atoms with Crippen LogP contribution in [0.1, 0.15) is 98.8 Å². The minimum Gasteiger partial charge on any atom is -0.389 e. The van der Waals surface area contributed by atoms with Crippen LogP contribution in [0, 0.1) is 45.8 Å². The Bertz CT molecular complexity index is 813. The van der Waals surface area contributed by atoms with E-state index >= 15 is 0 Å². The van der Waals surface area contributed by atoms with E-state index in [1.54, 1.807) is 0 Å². The van der Waals surface area contributed by atoms with Gasteiger partial charge in [0.2, 0.25) is 0 Å². The predicted octanol–water partition coefficient (Wildman–Crippen LogP) is 6.88. The SMILES string of the molecule is CC(C)=CCC[C@@H](C)[C@H]1CC[C@H]2[C@@H]3[C@@H](O)C=C4C5(CC5)C(=O)CC[C@]4(C)[C@H]3CC[C@]12C. The molecule has 0 saturated heterocycles. The Kier molecular flexibility index (Phi) is 5.17. The molecule has 2 heteroatoms. The van der Waals surface area contributed by atoms with E-state index in [9.17, 15) is 9.90 Å². The Morgan fingerprint density at radius 2 is 1.87 bits per heavy atom. The van der Waals surface area contributed by atoms with E-state index in [2.05, 4.69) is 46.8 Å². The molecule has 5 aliphatic carbocycles. The molecule has 5 rings (SSSR count). The van der Waals surface area contributed by atoms with Crippen LogP contribution in [0.25, 0.3) is 0 Å². The number of aliphatic hydroxyl groups excluding tert-OH is 1. The van der Waals surface area contributed by atoms with Gasteiger partial charge in [-0.25, -0.2) is 0 Å². The van der Waals surface area contributed by atoms with E-state index in [1.165, 1.54) is 49.7 Å². The Labute approximate surface area is 190 Å². The van der Waals surface area contributed by atoms with E-state index in [1.807, 2.05) is 0 Å². The molecule has 0 aromatic rings. The lowest BCUT2D eigenvalue weighted by Crippen LogP contribution is -2.56. The van der Waals surface area contributed by atoms with E-state index in [-0.39, 0.29) is 16.9 Å². The number of hydrogen-bond donors (Lipinski definition) is 1. The minimum atomic E-state index is -0.346. The van der Waals surface area contributed by atoms with Crippen LogP contribution in [-0.4, -0.2) is 17.0 Å². The topological polar surface area (TPSA) is 37.3 Å². The first-order valence-corrected chi connectivity index (χ1v) is 13.2. The molecular weight excluding hydrogens is 380 g/mol. The fourth-order valence-corrected chi connectivity index (χ4v) is 9.36. The number of allylic oxidation sites excluding steroid dienone is 3. The van der Waals surface area contributed by atoms with Crippen LogP contribution >= 0.6 is 0 Å². The molecule has 1 N–H and O–H groups in total. The summed E-state index contributed by atoms with van der Waals surface area (Å²) in [6.07, 6.45) is 15.8. The van der Waals surface area contributed by atoms with Gasteiger partial charge >= 0.3 is 0 Å². The van der Waals surface area contributed by atoms with Crippen molar-refractivity contribution < 1.29 is 9.90 Å². The maximum absolute atomic E-state index is 12.8. The first kappa shape index (κ1) is 21.9. The van der Waals surface area contributed by atoms with Gasteiger partial charge in [0.25, 0.3) is 0 Å². The van der Waals surface area contributed by atoms with Crippen molar-refractivity contribution in [1.82, 2.24) is 0 Å². The van der Waals surface area contributed by atoms with Crippen molar-refractivity contribution in [1.29, 1.82) is 0 Å². The maximum atomic E-state index is 12.8. The molecule has 172 valence electrons. The van der Waals surface area contributed by atoms with Crippen molar-refractivity contribution in [3.05, 3.63) is 23.3 Å². The number of fused-ring (bicyclic) bond motifs is 6. The fraction of sp³-hybridized carbons (Fsp3) is 0.828. The lowest BCUT2D eigenvalue weighted by atomic mass is 9.45. The zero-order chi connectivity index (χ0) is 22.2. The second-order valence-corrected chi connectivity index (χ2v) is 12.8. The number of hydrogen-bond acceptors (Lipinski definition) is 2. The molecule has 0 aromatic heterocycles. The van der Waals surface area contributed by atoms with E-state index in [4.69, 9.17) is 0 Å². The van der Waals surface area contributed by atoms with Gasteiger partial charge in [-0.2, -0.15) is 0 Å². The highest BCUT2D eigenvalue weighted by atomic mass is 16.3. The quantitative estimate of drug-likeness (QED) is 0.500. The molecule has 0 bridgehead atoms. The molecule has 31 heavy (non-hydrogen) atoms. The lowest BCUT2D eigenvalue weighted by Gasteiger charge is -2.60. The highest BCUT2D eigenvalue weighted by molar-refractivity contribution is 5.92. The Hall–Kier alpha value is -0.890. The fourth-order valence-electron chi connectivity index (χ4n) is 9.36. The van der Waals surface area contributed by atoms with Crippen molar-refractivity contribution in [2.24, 2.45) is 45.8 Å². The van der Waals surface area contributed by atoms with Crippen LogP contribution in [-0.2, 0) is 4.79 Å². The molecule has 0 amide bonds. The summed E-state index contributed by atoms with van der Waals surface area (Å²) in [4.78, 5) is 12.8. The summed E-state index contributed by atoms with van der Waals surface area (Å²) < 4.78 is 0. The van der Waals surface area contributed by atoms with Crippen LogP contribution < -0.4 is 0 Å². The van der Waals surface area contributed by atoms with Crippen molar-refractivity contribution in [3.63, 3.8) is 0 Å². The molecule has 4 fully saturated rings. The number of aliphatic hydroxyl groups is 1. The highest BCUT2D eigenvalue weighted by Crippen LogP contribution is 2.72. The number of Topliss-reactive ketones (excluding diaryl/α,β-unsaturated/α-hetero) is 1. The highest BCUT2D eigenvalue weighted by Gasteiger charge is 2.66. The van der Waals surface area contributed by atoms with Crippen LogP contribution in [0.2, 0.25) is 0 Å². The van der Waals surface area contributed by atoms with Crippen molar-refractivity contribution in [2.45, 2.75) is 105 Å². The Morgan fingerprint density at radius 1 is 1.13 bits per heavy atom. The number of ketones is 1. The van der Waals surface area contributed by atoms with Gasteiger partial charge in [0, 0.05) is 6.42 Å². The monoisotopic (exact) mass is 424 g/mol. The van der Waals surface area contributed by atoms with Gasteiger partial charge in [0.05, 0.1) is 11.5 Å². The second-order valence-electron chi connectivity index (χ2n) is 12.8. The standard InChI is InChI=1S/C29H44O2/c1-18(2)7-6-8-19(3)20-9-10-21-26-22(11-13-27(20,21)4)28(5)14-12-25(31)29(15-16-29)24(28)17-23(26)30/h7,17,19-23,26,30H,6,8-16H2,1-5H3/t19-,20-,21+,22+,23+,26+,27-,28-/m1/s1. The zero-order valence-corrected chi connectivity index (χ0v) is 20.5. The summed E-state index contributed by atoms with van der Waals surface area (Å²) in [6, 6.07) is 0.